The van der Waals surface area contributed by atoms with E-state index < -0.39 is 11.4 Å². The number of nitrogens with one attached hydrogen (secondary N) is 1. The van der Waals surface area contributed by atoms with Gasteiger partial charge in [0, 0.05) is 44.0 Å². The molecule has 0 bridgehead atoms. The standard InChI is InChI=1S/C20H28N4O2.C4H10.C2H6/c1-20(2,8-13-25)22-19(26)17(15-21)14-16-4-6-18(7-5-16)24-11-9-23(3)10-12-24;1-4(2)3;1-2/h4-7,14,25H,8-13H2,1-3H3,(H,22,26);4H,1-3H3;1-2H3/b17-14+;;. The zero-order chi connectivity index (χ0) is 24.7. The number of hydrogen-bond acceptors (Lipinski definition) is 5. The Labute approximate surface area is 195 Å². The van der Waals surface area contributed by atoms with Crippen LogP contribution in [0.4, 0.5) is 5.69 Å². The lowest BCUT2D eigenvalue weighted by Crippen LogP contribution is -2.44. The Hall–Kier alpha value is -2.36. The molecule has 6 heteroatoms. The molecular weight excluding hydrogens is 400 g/mol. The van der Waals surface area contributed by atoms with Crippen molar-refractivity contribution in [3.05, 3.63) is 35.4 Å². The summed E-state index contributed by atoms with van der Waals surface area (Å²) in [6.07, 6.45) is 2.02. The summed E-state index contributed by atoms with van der Waals surface area (Å²) >= 11 is 0. The van der Waals surface area contributed by atoms with Crippen LogP contribution < -0.4 is 10.2 Å². The molecule has 0 saturated carbocycles. The van der Waals surface area contributed by atoms with Crippen molar-refractivity contribution in [1.82, 2.24) is 10.2 Å². The van der Waals surface area contributed by atoms with Crippen LogP contribution in [0, 0.1) is 17.2 Å². The van der Waals surface area contributed by atoms with Gasteiger partial charge in [-0.05, 0) is 57.0 Å². The van der Waals surface area contributed by atoms with E-state index in [1.54, 1.807) is 6.08 Å². The van der Waals surface area contributed by atoms with Gasteiger partial charge < -0.3 is 20.2 Å². The lowest BCUT2D eigenvalue weighted by atomic mass is 10.0. The van der Waals surface area contributed by atoms with Gasteiger partial charge in [-0.25, -0.2) is 0 Å². The van der Waals surface area contributed by atoms with Gasteiger partial charge in [0.05, 0.1) is 0 Å². The maximum Gasteiger partial charge on any atom is 0.262 e. The Morgan fingerprint density at radius 3 is 2.09 bits per heavy atom. The maximum absolute atomic E-state index is 12.3. The fourth-order valence-electron chi connectivity index (χ4n) is 2.88. The van der Waals surface area contributed by atoms with Crippen LogP contribution in [-0.2, 0) is 4.79 Å². The first kappa shape index (κ1) is 29.6. The fraction of sp³-hybridized carbons (Fsp3) is 0.615. The minimum atomic E-state index is -0.562. The number of amides is 1. The molecule has 2 N–H and O–H groups in total. The summed E-state index contributed by atoms with van der Waals surface area (Å²) < 4.78 is 0. The second-order valence-electron chi connectivity index (χ2n) is 9.10. The number of nitrogens with zero attached hydrogens (tertiary/aromatic N) is 3. The number of rotatable bonds is 6. The van der Waals surface area contributed by atoms with E-state index in [1.807, 2.05) is 58.0 Å². The Bertz CT molecular complexity index is 722. The van der Waals surface area contributed by atoms with Gasteiger partial charge in [-0.15, -0.1) is 0 Å². The molecule has 1 heterocycles. The maximum atomic E-state index is 12.3. The van der Waals surface area contributed by atoms with Crippen molar-refractivity contribution in [3.63, 3.8) is 0 Å². The third-order valence-electron chi connectivity index (χ3n) is 4.63. The minimum Gasteiger partial charge on any atom is -0.396 e. The summed E-state index contributed by atoms with van der Waals surface area (Å²) in [5, 5.41) is 21.2. The molecule has 1 amide bonds. The number of likely N-dealkylation sites (N-methyl/N-ethyl adjacent to an activating group) is 1. The number of benzene rings is 1. The first-order chi connectivity index (χ1) is 15.1. The number of nitriles is 1. The third kappa shape index (κ3) is 11.9. The molecule has 6 nitrogen and oxygen atoms in total. The molecular formula is C26H44N4O2. The monoisotopic (exact) mass is 444 g/mol. The van der Waals surface area contributed by atoms with Crippen LogP contribution in [0.25, 0.3) is 6.08 Å². The van der Waals surface area contributed by atoms with Crippen molar-refractivity contribution in [2.75, 3.05) is 44.7 Å². The molecule has 1 saturated heterocycles. The highest BCUT2D eigenvalue weighted by Gasteiger charge is 2.22. The van der Waals surface area contributed by atoms with Crippen molar-refractivity contribution in [3.8, 4) is 6.07 Å². The van der Waals surface area contributed by atoms with Gasteiger partial charge in [-0.2, -0.15) is 5.26 Å². The minimum absolute atomic E-state index is 0.0212. The average Bonchev–Trinajstić information content (AvgIpc) is 2.73. The van der Waals surface area contributed by atoms with Gasteiger partial charge in [0.15, 0.2) is 0 Å². The smallest absolute Gasteiger partial charge is 0.262 e. The SMILES string of the molecule is CC.CC(C)C.CN1CCN(c2ccc(/C=C(\C#N)C(=O)NC(C)(C)CCO)cc2)CC1. The van der Waals surface area contributed by atoms with E-state index in [0.29, 0.717) is 6.42 Å². The third-order valence-corrected chi connectivity index (χ3v) is 4.63. The fourth-order valence-corrected chi connectivity index (χ4v) is 2.88. The molecule has 0 aromatic heterocycles. The van der Waals surface area contributed by atoms with Crippen LogP contribution in [0.15, 0.2) is 29.8 Å². The second kappa shape index (κ2) is 15.4. The molecule has 0 radical (unpaired) electrons. The molecule has 1 aliphatic heterocycles. The van der Waals surface area contributed by atoms with Crippen molar-refractivity contribution in [1.29, 1.82) is 5.26 Å². The van der Waals surface area contributed by atoms with Gasteiger partial charge in [0.25, 0.3) is 5.91 Å². The van der Waals surface area contributed by atoms with E-state index in [-0.39, 0.29) is 12.2 Å². The van der Waals surface area contributed by atoms with E-state index in [1.165, 1.54) is 0 Å². The predicted molar refractivity (Wildman–Crippen MR) is 136 cm³/mol. The van der Waals surface area contributed by atoms with Crippen molar-refractivity contribution < 1.29 is 9.90 Å². The molecule has 1 aliphatic rings. The molecule has 32 heavy (non-hydrogen) atoms. The van der Waals surface area contributed by atoms with E-state index in [4.69, 9.17) is 5.11 Å². The Morgan fingerprint density at radius 1 is 1.16 bits per heavy atom. The highest BCUT2D eigenvalue weighted by molar-refractivity contribution is 6.02. The highest BCUT2D eigenvalue weighted by Crippen LogP contribution is 2.19. The molecule has 1 fully saturated rings. The van der Waals surface area contributed by atoms with E-state index >= 15 is 0 Å². The van der Waals surface area contributed by atoms with Gasteiger partial charge >= 0.3 is 0 Å². The van der Waals surface area contributed by atoms with E-state index in [2.05, 4.69) is 42.9 Å². The summed E-state index contributed by atoms with van der Waals surface area (Å²) in [6.45, 7) is 18.2. The van der Waals surface area contributed by atoms with Crippen molar-refractivity contribution in [2.24, 2.45) is 5.92 Å². The van der Waals surface area contributed by atoms with Crippen molar-refractivity contribution >= 4 is 17.7 Å². The summed E-state index contributed by atoms with van der Waals surface area (Å²) in [6, 6.07) is 9.88. The number of aliphatic hydroxyl groups is 1. The second-order valence-corrected chi connectivity index (χ2v) is 9.10. The average molecular weight is 445 g/mol. The predicted octanol–water partition coefficient (Wildman–Crippen LogP) is 4.31. The molecule has 0 atom stereocenters. The first-order valence-electron chi connectivity index (χ1n) is 11.7. The van der Waals surface area contributed by atoms with Crippen LogP contribution in [-0.4, -0.2) is 61.3 Å². The summed E-state index contributed by atoms with van der Waals surface area (Å²) in [5.74, 6) is 0.411. The zero-order valence-electron chi connectivity index (χ0n) is 21.4. The largest absolute Gasteiger partial charge is 0.396 e. The van der Waals surface area contributed by atoms with Crippen LogP contribution in [0.2, 0.25) is 0 Å². The van der Waals surface area contributed by atoms with Crippen LogP contribution >= 0.6 is 0 Å². The zero-order valence-corrected chi connectivity index (χ0v) is 21.4. The Balaban J connectivity index is 0.00000144. The quantitative estimate of drug-likeness (QED) is 0.505. The first-order valence-corrected chi connectivity index (χ1v) is 11.7. The van der Waals surface area contributed by atoms with Crippen molar-refractivity contribution in [2.45, 2.75) is 60.4 Å². The Kier molecular flexibility index (Phi) is 14.3. The van der Waals surface area contributed by atoms with Gasteiger partial charge in [0.1, 0.15) is 11.6 Å². The number of piperazine rings is 1. The van der Waals surface area contributed by atoms with Gasteiger partial charge in [-0.1, -0.05) is 46.8 Å². The molecule has 180 valence electrons. The molecule has 1 aromatic rings. The summed E-state index contributed by atoms with van der Waals surface area (Å²) in [5.41, 5.74) is 1.47. The van der Waals surface area contributed by atoms with E-state index in [0.717, 1.165) is 43.3 Å². The molecule has 0 aliphatic carbocycles. The molecule has 0 unspecified atom stereocenters. The highest BCUT2D eigenvalue weighted by atomic mass is 16.3. The number of aliphatic hydroxyl groups excluding tert-OH is 1. The lowest BCUT2D eigenvalue weighted by molar-refractivity contribution is -0.118. The summed E-state index contributed by atoms with van der Waals surface area (Å²) in [7, 11) is 2.13. The van der Waals surface area contributed by atoms with Crippen LogP contribution in [0.3, 0.4) is 0 Å². The van der Waals surface area contributed by atoms with Crippen LogP contribution in [0.5, 0.6) is 0 Å². The number of carbonyl (C=O) groups excluding carboxylic acids is 1. The number of anilines is 1. The van der Waals surface area contributed by atoms with E-state index in [9.17, 15) is 10.1 Å². The summed E-state index contributed by atoms with van der Waals surface area (Å²) in [4.78, 5) is 17.0. The lowest BCUT2D eigenvalue weighted by Gasteiger charge is -2.34. The van der Waals surface area contributed by atoms with Crippen LogP contribution in [0.1, 0.15) is 60.5 Å². The normalized spacial score (nSPS) is 14.5. The topological polar surface area (TPSA) is 79.6 Å². The van der Waals surface area contributed by atoms with Gasteiger partial charge in [-0.3, -0.25) is 4.79 Å². The number of hydrogen-bond donors (Lipinski definition) is 2. The van der Waals surface area contributed by atoms with Gasteiger partial charge in [0.2, 0.25) is 0 Å². The molecule has 2 rings (SSSR count). The molecule has 1 aromatic carbocycles. The number of carbonyl (C=O) groups is 1. The Morgan fingerprint density at radius 2 is 1.66 bits per heavy atom. The molecule has 0 spiro atoms.